The Hall–Kier alpha value is -1.93. The number of aromatic nitrogens is 2. The molecule has 0 bridgehead atoms. The van der Waals surface area contributed by atoms with Crippen LogP contribution >= 0.6 is 11.3 Å². The van der Waals surface area contributed by atoms with Crippen LogP contribution in [0.1, 0.15) is 16.1 Å². The zero-order chi connectivity index (χ0) is 12.3. The van der Waals surface area contributed by atoms with E-state index >= 15 is 0 Å². The van der Waals surface area contributed by atoms with Gasteiger partial charge in [0.25, 0.3) is 0 Å². The zero-order valence-corrected chi connectivity index (χ0v) is 10.5. The molecule has 5 heteroatoms. The van der Waals surface area contributed by atoms with Crippen LogP contribution in [-0.2, 0) is 6.54 Å². The molecule has 17 heavy (non-hydrogen) atoms. The van der Waals surface area contributed by atoms with Crippen molar-refractivity contribution < 1.29 is 0 Å². The molecule has 0 aliphatic heterocycles. The van der Waals surface area contributed by atoms with Crippen molar-refractivity contribution in [3.05, 3.63) is 40.4 Å². The van der Waals surface area contributed by atoms with Crippen molar-refractivity contribution in [3.63, 3.8) is 0 Å². The van der Waals surface area contributed by atoms with E-state index in [0.717, 1.165) is 22.2 Å². The van der Waals surface area contributed by atoms with E-state index in [1.54, 1.807) is 17.4 Å². The van der Waals surface area contributed by atoms with E-state index in [9.17, 15) is 0 Å². The van der Waals surface area contributed by atoms with Crippen LogP contribution in [0.2, 0.25) is 0 Å². The van der Waals surface area contributed by atoms with Gasteiger partial charge in [0.2, 0.25) is 5.13 Å². The van der Waals surface area contributed by atoms with Gasteiger partial charge in [-0.2, -0.15) is 5.26 Å². The molecule has 0 atom stereocenters. The summed E-state index contributed by atoms with van der Waals surface area (Å²) in [7, 11) is 1.97. The van der Waals surface area contributed by atoms with E-state index in [0.29, 0.717) is 5.56 Å². The Bertz CT molecular complexity index is 556. The molecule has 4 nitrogen and oxygen atoms in total. The lowest BCUT2D eigenvalue weighted by atomic mass is 10.1. The molecule has 0 saturated carbocycles. The highest BCUT2D eigenvalue weighted by Gasteiger charge is 2.07. The highest BCUT2D eigenvalue weighted by molar-refractivity contribution is 7.15. The monoisotopic (exact) mass is 244 g/mol. The second-order valence-corrected chi connectivity index (χ2v) is 4.93. The van der Waals surface area contributed by atoms with Gasteiger partial charge in [-0.15, -0.1) is 10.2 Å². The first kappa shape index (κ1) is 11.6. The molecule has 1 heterocycles. The molecule has 0 unspecified atom stereocenters. The fourth-order valence-electron chi connectivity index (χ4n) is 1.52. The molecule has 0 radical (unpaired) electrons. The van der Waals surface area contributed by atoms with E-state index < -0.39 is 0 Å². The average Bonchev–Trinajstić information content (AvgIpc) is 2.76. The Kier molecular flexibility index (Phi) is 3.35. The summed E-state index contributed by atoms with van der Waals surface area (Å²) in [5, 5.41) is 18.8. The van der Waals surface area contributed by atoms with Crippen LogP contribution in [0, 0.1) is 18.3 Å². The smallest absolute Gasteiger partial charge is 0.208 e. The Balaban J connectivity index is 2.13. The van der Waals surface area contributed by atoms with Crippen LogP contribution in [0.3, 0.4) is 0 Å². The number of hydrogen-bond donors (Lipinski definition) is 0. The van der Waals surface area contributed by atoms with Gasteiger partial charge < -0.3 is 4.90 Å². The minimum atomic E-state index is 0.685. The van der Waals surface area contributed by atoms with Gasteiger partial charge in [0.15, 0.2) is 0 Å². The van der Waals surface area contributed by atoms with E-state index in [4.69, 9.17) is 5.26 Å². The quantitative estimate of drug-likeness (QED) is 0.831. The summed E-state index contributed by atoms with van der Waals surface area (Å²) in [5.41, 5.74) is 1.78. The third-order valence-corrected chi connectivity index (χ3v) is 3.27. The van der Waals surface area contributed by atoms with Crippen molar-refractivity contribution in [1.82, 2.24) is 10.2 Å². The molecule has 2 aromatic rings. The second-order valence-electron chi connectivity index (χ2n) is 3.77. The molecule has 0 aliphatic carbocycles. The predicted molar refractivity (Wildman–Crippen MR) is 67.9 cm³/mol. The average molecular weight is 244 g/mol. The summed E-state index contributed by atoms with van der Waals surface area (Å²) in [6.45, 7) is 2.66. The number of anilines is 1. The first-order chi connectivity index (χ1) is 8.19. The summed E-state index contributed by atoms with van der Waals surface area (Å²) < 4.78 is 0. The molecule has 2 rings (SSSR count). The largest absolute Gasteiger partial charge is 0.345 e. The second kappa shape index (κ2) is 4.93. The van der Waals surface area contributed by atoms with Gasteiger partial charge in [-0.1, -0.05) is 23.5 Å². The number of nitrogens with zero attached hydrogens (tertiary/aromatic N) is 4. The van der Waals surface area contributed by atoms with E-state index in [2.05, 4.69) is 16.3 Å². The zero-order valence-electron chi connectivity index (χ0n) is 9.71. The maximum Gasteiger partial charge on any atom is 0.208 e. The lowest BCUT2D eigenvalue weighted by Gasteiger charge is -2.14. The highest BCUT2D eigenvalue weighted by Crippen LogP contribution is 2.20. The summed E-state index contributed by atoms with van der Waals surface area (Å²) in [6, 6.07) is 9.74. The first-order valence-electron chi connectivity index (χ1n) is 5.19. The number of rotatable bonds is 3. The Labute approximate surface area is 104 Å². The van der Waals surface area contributed by atoms with Crippen molar-refractivity contribution in [2.75, 3.05) is 11.9 Å². The maximum absolute atomic E-state index is 8.83. The van der Waals surface area contributed by atoms with Gasteiger partial charge in [-0.05, 0) is 24.6 Å². The molecule has 1 aromatic carbocycles. The molecule has 0 aliphatic rings. The van der Waals surface area contributed by atoms with Crippen LogP contribution in [-0.4, -0.2) is 17.2 Å². The fraction of sp³-hybridized carbons (Fsp3) is 0.250. The number of nitriles is 1. The van der Waals surface area contributed by atoms with Crippen molar-refractivity contribution in [3.8, 4) is 6.07 Å². The number of benzene rings is 1. The maximum atomic E-state index is 8.83. The Morgan fingerprint density at radius 1 is 1.41 bits per heavy atom. The van der Waals surface area contributed by atoms with Gasteiger partial charge in [0.1, 0.15) is 5.01 Å². The van der Waals surface area contributed by atoms with Gasteiger partial charge in [0, 0.05) is 13.6 Å². The van der Waals surface area contributed by atoms with Crippen molar-refractivity contribution in [1.29, 1.82) is 5.26 Å². The van der Waals surface area contributed by atoms with Crippen LogP contribution < -0.4 is 4.90 Å². The van der Waals surface area contributed by atoms with E-state index in [-0.39, 0.29) is 0 Å². The van der Waals surface area contributed by atoms with Gasteiger partial charge >= 0.3 is 0 Å². The van der Waals surface area contributed by atoms with E-state index in [1.807, 2.05) is 37.1 Å². The SMILES string of the molecule is Cc1nnc(N(C)Cc2cccc(C#N)c2)s1. The molecule has 0 saturated heterocycles. The van der Waals surface area contributed by atoms with Gasteiger partial charge in [-0.25, -0.2) is 0 Å². The standard InChI is InChI=1S/C12H12N4S/c1-9-14-15-12(17-9)16(2)8-11-5-3-4-10(6-11)7-13/h3-6H,8H2,1-2H3. The molecular formula is C12H12N4S. The van der Waals surface area contributed by atoms with Gasteiger partial charge in [0.05, 0.1) is 11.6 Å². The molecule has 0 amide bonds. The van der Waals surface area contributed by atoms with Crippen molar-refractivity contribution in [2.24, 2.45) is 0 Å². The normalized spacial score (nSPS) is 9.94. The number of hydrogen-bond acceptors (Lipinski definition) is 5. The van der Waals surface area contributed by atoms with Crippen molar-refractivity contribution >= 4 is 16.5 Å². The molecule has 0 fully saturated rings. The third-order valence-electron chi connectivity index (χ3n) is 2.32. The molecule has 0 spiro atoms. The third kappa shape index (κ3) is 2.80. The Morgan fingerprint density at radius 2 is 2.24 bits per heavy atom. The minimum Gasteiger partial charge on any atom is -0.345 e. The Morgan fingerprint density at radius 3 is 2.88 bits per heavy atom. The van der Waals surface area contributed by atoms with Crippen LogP contribution in [0.15, 0.2) is 24.3 Å². The van der Waals surface area contributed by atoms with Crippen molar-refractivity contribution in [2.45, 2.75) is 13.5 Å². The van der Waals surface area contributed by atoms with Gasteiger partial charge in [-0.3, -0.25) is 0 Å². The molecule has 1 aromatic heterocycles. The predicted octanol–water partition coefficient (Wildman–Crippen LogP) is 2.35. The summed E-state index contributed by atoms with van der Waals surface area (Å²) in [4.78, 5) is 2.03. The van der Waals surface area contributed by atoms with Crippen LogP contribution in [0.4, 0.5) is 5.13 Å². The van der Waals surface area contributed by atoms with Crippen LogP contribution in [0.5, 0.6) is 0 Å². The summed E-state index contributed by atoms with van der Waals surface area (Å²) >= 11 is 1.56. The summed E-state index contributed by atoms with van der Waals surface area (Å²) in [6.07, 6.45) is 0. The lowest BCUT2D eigenvalue weighted by Crippen LogP contribution is -2.16. The fourth-order valence-corrected chi connectivity index (χ4v) is 2.17. The topological polar surface area (TPSA) is 52.8 Å². The summed E-state index contributed by atoms with van der Waals surface area (Å²) in [5.74, 6) is 0. The number of aryl methyl sites for hydroxylation is 1. The highest BCUT2D eigenvalue weighted by atomic mass is 32.1. The van der Waals surface area contributed by atoms with Crippen LogP contribution in [0.25, 0.3) is 0 Å². The first-order valence-corrected chi connectivity index (χ1v) is 6.01. The molecule has 86 valence electrons. The molecular weight excluding hydrogens is 232 g/mol. The minimum absolute atomic E-state index is 0.685. The molecule has 0 N–H and O–H groups in total. The van der Waals surface area contributed by atoms with E-state index in [1.165, 1.54) is 0 Å². The lowest BCUT2D eigenvalue weighted by molar-refractivity contribution is 0.890.